The highest BCUT2D eigenvalue weighted by atomic mass is 16.5. The lowest BCUT2D eigenvalue weighted by molar-refractivity contribution is 0.378. The molecule has 0 saturated heterocycles. The third kappa shape index (κ3) is 3.48. The molecule has 0 saturated carbocycles. The second-order valence-corrected chi connectivity index (χ2v) is 4.45. The fourth-order valence-corrected chi connectivity index (χ4v) is 1.94. The fourth-order valence-electron chi connectivity index (χ4n) is 1.94. The van der Waals surface area contributed by atoms with E-state index in [0.717, 1.165) is 23.6 Å². The van der Waals surface area contributed by atoms with E-state index in [0.29, 0.717) is 12.3 Å². The average Bonchev–Trinajstić information content (AvgIpc) is 2.48. The third-order valence-corrected chi connectivity index (χ3v) is 3.01. The fraction of sp³-hybridized carbons (Fsp3) is 0.312. The molecular formula is C16H20N2O2. The predicted octanol–water partition coefficient (Wildman–Crippen LogP) is 3.16. The van der Waals surface area contributed by atoms with Crippen LogP contribution in [0.15, 0.2) is 36.5 Å². The smallest absolute Gasteiger partial charge is 0.169 e. The lowest BCUT2D eigenvalue weighted by Crippen LogP contribution is -2.06. The first-order valence-corrected chi connectivity index (χ1v) is 6.71. The number of nitrogens with zero attached hydrogens (tertiary/aromatic N) is 1. The minimum absolute atomic E-state index is 0.711. The van der Waals surface area contributed by atoms with Crippen LogP contribution in [0.5, 0.6) is 17.2 Å². The molecule has 1 aromatic heterocycles. The molecule has 0 unspecified atom stereocenters. The van der Waals surface area contributed by atoms with Gasteiger partial charge in [-0.15, -0.1) is 0 Å². The highest BCUT2D eigenvalue weighted by Gasteiger charge is 2.07. The normalized spacial score (nSPS) is 10.3. The number of aryl methyl sites for hydroxylation is 1. The lowest BCUT2D eigenvalue weighted by Gasteiger charge is -2.12. The summed E-state index contributed by atoms with van der Waals surface area (Å²) in [4.78, 5) is 4.27. The number of pyridine rings is 1. The Labute approximate surface area is 119 Å². The Kier molecular flexibility index (Phi) is 4.96. The Bertz CT molecular complexity index is 570. The summed E-state index contributed by atoms with van der Waals surface area (Å²) in [5, 5.41) is 3.07. The molecule has 2 rings (SSSR count). The maximum Gasteiger partial charge on any atom is 0.169 e. The van der Waals surface area contributed by atoms with Crippen LogP contribution in [-0.4, -0.2) is 19.1 Å². The molecule has 0 fully saturated rings. The van der Waals surface area contributed by atoms with Gasteiger partial charge in [-0.2, -0.15) is 0 Å². The van der Waals surface area contributed by atoms with Crippen molar-refractivity contribution < 1.29 is 9.47 Å². The Morgan fingerprint density at radius 2 is 2.00 bits per heavy atom. The molecule has 2 aromatic rings. The van der Waals surface area contributed by atoms with E-state index in [-0.39, 0.29) is 0 Å². The summed E-state index contributed by atoms with van der Waals surface area (Å²) in [7, 11) is 3.54. The molecule has 0 aliphatic rings. The minimum Gasteiger partial charge on any atom is -0.493 e. The van der Waals surface area contributed by atoms with Crippen LogP contribution in [0.4, 0.5) is 0 Å². The van der Waals surface area contributed by atoms with Crippen molar-refractivity contribution in [2.75, 3.05) is 14.2 Å². The number of benzene rings is 1. The van der Waals surface area contributed by atoms with Crippen LogP contribution in [-0.2, 0) is 13.0 Å². The molecule has 0 atom stereocenters. The van der Waals surface area contributed by atoms with E-state index in [4.69, 9.17) is 9.47 Å². The van der Waals surface area contributed by atoms with Crippen molar-refractivity contribution in [1.82, 2.24) is 10.3 Å². The third-order valence-electron chi connectivity index (χ3n) is 3.01. The van der Waals surface area contributed by atoms with E-state index in [9.17, 15) is 0 Å². The number of hydrogen-bond acceptors (Lipinski definition) is 4. The molecule has 1 heterocycles. The summed E-state index contributed by atoms with van der Waals surface area (Å²) >= 11 is 0. The predicted molar refractivity (Wildman–Crippen MR) is 79.4 cm³/mol. The first kappa shape index (κ1) is 14.3. The topological polar surface area (TPSA) is 43.4 Å². The van der Waals surface area contributed by atoms with Crippen molar-refractivity contribution in [1.29, 1.82) is 0 Å². The van der Waals surface area contributed by atoms with Crippen molar-refractivity contribution in [3.05, 3.63) is 47.8 Å². The van der Waals surface area contributed by atoms with Gasteiger partial charge in [0.05, 0.1) is 12.8 Å². The maximum atomic E-state index is 5.89. The largest absolute Gasteiger partial charge is 0.493 e. The molecule has 1 N–H and O–H groups in total. The number of hydrogen-bond donors (Lipinski definition) is 1. The second kappa shape index (κ2) is 6.91. The number of methoxy groups -OCH3 is 1. The van der Waals surface area contributed by atoms with E-state index in [1.54, 1.807) is 13.3 Å². The molecule has 0 aliphatic carbocycles. The summed E-state index contributed by atoms with van der Waals surface area (Å²) in [6.45, 7) is 2.82. The monoisotopic (exact) mass is 272 g/mol. The van der Waals surface area contributed by atoms with Gasteiger partial charge in [0.1, 0.15) is 5.75 Å². The number of aromatic nitrogens is 1. The number of nitrogens with one attached hydrogen (secondary N) is 1. The van der Waals surface area contributed by atoms with Crippen LogP contribution in [0.1, 0.15) is 18.2 Å². The van der Waals surface area contributed by atoms with Gasteiger partial charge in [-0.1, -0.05) is 13.0 Å². The van der Waals surface area contributed by atoms with Crippen LogP contribution in [0.3, 0.4) is 0 Å². The quantitative estimate of drug-likeness (QED) is 0.877. The van der Waals surface area contributed by atoms with E-state index >= 15 is 0 Å². The van der Waals surface area contributed by atoms with Gasteiger partial charge in [0.25, 0.3) is 0 Å². The number of ether oxygens (including phenoxy) is 2. The first-order valence-electron chi connectivity index (χ1n) is 6.71. The Morgan fingerprint density at radius 1 is 1.15 bits per heavy atom. The summed E-state index contributed by atoms with van der Waals surface area (Å²) in [5.41, 5.74) is 2.16. The van der Waals surface area contributed by atoms with E-state index < -0.39 is 0 Å². The van der Waals surface area contributed by atoms with Crippen molar-refractivity contribution in [3.63, 3.8) is 0 Å². The molecule has 0 amide bonds. The van der Waals surface area contributed by atoms with E-state index in [1.165, 1.54) is 5.56 Å². The van der Waals surface area contributed by atoms with Gasteiger partial charge in [0.2, 0.25) is 0 Å². The van der Waals surface area contributed by atoms with Crippen LogP contribution in [0.2, 0.25) is 0 Å². The molecule has 1 aromatic carbocycles. The Morgan fingerprint density at radius 3 is 2.70 bits per heavy atom. The highest BCUT2D eigenvalue weighted by molar-refractivity contribution is 5.45. The van der Waals surface area contributed by atoms with Gasteiger partial charge in [-0.3, -0.25) is 4.98 Å². The maximum absolute atomic E-state index is 5.89. The zero-order valence-electron chi connectivity index (χ0n) is 12.1. The zero-order chi connectivity index (χ0) is 14.4. The molecule has 0 bridgehead atoms. The van der Waals surface area contributed by atoms with Gasteiger partial charge in [0, 0.05) is 18.8 Å². The van der Waals surface area contributed by atoms with Crippen LogP contribution in [0, 0.1) is 0 Å². The zero-order valence-corrected chi connectivity index (χ0v) is 12.1. The van der Waals surface area contributed by atoms with Gasteiger partial charge in [-0.25, -0.2) is 0 Å². The van der Waals surface area contributed by atoms with Crippen LogP contribution < -0.4 is 14.8 Å². The minimum atomic E-state index is 0.711. The van der Waals surface area contributed by atoms with Gasteiger partial charge >= 0.3 is 0 Å². The lowest BCUT2D eigenvalue weighted by atomic mass is 10.1. The van der Waals surface area contributed by atoms with E-state index in [2.05, 4.69) is 17.2 Å². The van der Waals surface area contributed by atoms with Crippen molar-refractivity contribution in [2.24, 2.45) is 0 Å². The Balaban J connectivity index is 2.22. The van der Waals surface area contributed by atoms with Gasteiger partial charge < -0.3 is 14.8 Å². The van der Waals surface area contributed by atoms with Crippen LogP contribution >= 0.6 is 0 Å². The molecule has 106 valence electrons. The molecule has 20 heavy (non-hydrogen) atoms. The SMILES string of the molecule is CCc1ccc(Oc2ccnc(CNC)c2)c(OC)c1. The van der Waals surface area contributed by atoms with E-state index in [1.807, 2.05) is 37.4 Å². The summed E-state index contributed by atoms with van der Waals surface area (Å²) in [5.74, 6) is 2.22. The number of rotatable bonds is 6. The van der Waals surface area contributed by atoms with Crippen molar-refractivity contribution in [3.8, 4) is 17.2 Å². The average molecular weight is 272 g/mol. The van der Waals surface area contributed by atoms with Crippen LogP contribution in [0.25, 0.3) is 0 Å². The Hall–Kier alpha value is -2.07. The summed E-state index contributed by atoms with van der Waals surface area (Å²) in [6.07, 6.45) is 2.72. The molecule has 0 spiro atoms. The summed E-state index contributed by atoms with van der Waals surface area (Å²) < 4.78 is 11.3. The molecule has 4 nitrogen and oxygen atoms in total. The standard InChI is InChI=1S/C16H20N2O2/c1-4-12-5-6-15(16(9-12)19-3)20-14-7-8-18-13(10-14)11-17-2/h5-10,17H,4,11H2,1-3H3. The molecule has 0 aliphatic heterocycles. The molecule has 4 heteroatoms. The second-order valence-electron chi connectivity index (χ2n) is 4.45. The van der Waals surface area contributed by atoms with Gasteiger partial charge in [0.15, 0.2) is 11.5 Å². The molecular weight excluding hydrogens is 252 g/mol. The van der Waals surface area contributed by atoms with Crippen molar-refractivity contribution in [2.45, 2.75) is 19.9 Å². The first-order chi connectivity index (χ1) is 9.76. The van der Waals surface area contributed by atoms with Crippen molar-refractivity contribution >= 4 is 0 Å². The summed E-state index contributed by atoms with van der Waals surface area (Å²) in [6, 6.07) is 9.75. The molecule has 0 radical (unpaired) electrons. The highest BCUT2D eigenvalue weighted by Crippen LogP contribution is 2.32. The van der Waals surface area contributed by atoms with Gasteiger partial charge in [-0.05, 0) is 37.2 Å².